The smallest absolute Gasteiger partial charge is 0.161 e. The summed E-state index contributed by atoms with van der Waals surface area (Å²) in [6.07, 6.45) is -0.710. The van der Waals surface area contributed by atoms with Crippen LogP contribution in [-0.2, 0) is 14.2 Å². The first-order valence-corrected chi connectivity index (χ1v) is 5.74. The number of ether oxygens (including phenoxy) is 3. The number of aliphatic hydroxyl groups is 1. The van der Waals surface area contributed by atoms with Gasteiger partial charge in [-0.05, 0) is 34.6 Å². The summed E-state index contributed by atoms with van der Waals surface area (Å²) in [6.45, 7) is 9.67. The van der Waals surface area contributed by atoms with E-state index in [2.05, 4.69) is 0 Å². The molecule has 16 heavy (non-hydrogen) atoms. The lowest BCUT2D eigenvalue weighted by atomic mass is 9.88. The van der Waals surface area contributed by atoms with Crippen LogP contribution in [0.5, 0.6) is 0 Å². The van der Waals surface area contributed by atoms with E-state index in [4.69, 9.17) is 14.2 Å². The minimum absolute atomic E-state index is 0.263. The minimum Gasteiger partial charge on any atom is -0.387 e. The van der Waals surface area contributed by atoms with E-state index >= 15 is 0 Å². The predicted octanol–water partition coefficient (Wildman–Crippen LogP) is 1.70. The van der Waals surface area contributed by atoms with Crippen LogP contribution >= 0.6 is 0 Å². The maximum absolute atomic E-state index is 10.0. The van der Waals surface area contributed by atoms with Crippen molar-refractivity contribution in [2.75, 3.05) is 7.11 Å². The average molecular weight is 232 g/mol. The van der Waals surface area contributed by atoms with Gasteiger partial charge >= 0.3 is 0 Å². The van der Waals surface area contributed by atoms with Gasteiger partial charge in [-0.25, -0.2) is 0 Å². The van der Waals surface area contributed by atoms with Crippen molar-refractivity contribution in [3.05, 3.63) is 0 Å². The fourth-order valence-electron chi connectivity index (χ4n) is 1.98. The highest BCUT2D eigenvalue weighted by Gasteiger charge is 2.45. The number of rotatable bonds is 2. The molecule has 4 heteroatoms. The van der Waals surface area contributed by atoms with Crippen LogP contribution < -0.4 is 0 Å². The molecule has 0 spiro atoms. The highest BCUT2D eigenvalue weighted by Crippen LogP contribution is 2.33. The van der Waals surface area contributed by atoms with Crippen LogP contribution in [0.4, 0.5) is 0 Å². The third-order valence-electron chi connectivity index (χ3n) is 2.96. The first-order valence-electron chi connectivity index (χ1n) is 5.74. The molecule has 1 heterocycles. The average Bonchev–Trinajstić information content (AvgIpc) is 2.11. The monoisotopic (exact) mass is 232 g/mol. The van der Waals surface area contributed by atoms with E-state index in [0.29, 0.717) is 6.42 Å². The van der Waals surface area contributed by atoms with Crippen LogP contribution in [0.2, 0.25) is 0 Å². The largest absolute Gasteiger partial charge is 0.387 e. The van der Waals surface area contributed by atoms with E-state index in [1.807, 2.05) is 34.6 Å². The van der Waals surface area contributed by atoms with Gasteiger partial charge in [0.15, 0.2) is 6.29 Å². The van der Waals surface area contributed by atoms with E-state index < -0.39 is 11.7 Å². The third-order valence-corrected chi connectivity index (χ3v) is 2.96. The molecule has 0 aromatic rings. The topological polar surface area (TPSA) is 47.9 Å². The summed E-state index contributed by atoms with van der Waals surface area (Å²) in [5, 5.41) is 10.0. The Morgan fingerprint density at radius 3 is 2.38 bits per heavy atom. The summed E-state index contributed by atoms with van der Waals surface area (Å²) in [6, 6.07) is 0. The molecule has 0 bridgehead atoms. The van der Waals surface area contributed by atoms with Crippen molar-refractivity contribution in [1.82, 2.24) is 0 Å². The Balaban J connectivity index is 2.71. The maximum Gasteiger partial charge on any atom is 0.161 e. The molecule has 1 saturated heterocycles. The zero-order valence-corrected chi connectivity index (χ0v) is 11.1. The van der Waals surface area contributed by atoms with Crippen LogP contribution in [0, 0.1) is 0 Å². The summed E-state index contributed by atoms with van der Waals surface area (Å²) in [5.41, 5.74) is -0.866. The molecular formula is C12H24O4. The molecule has 0 saturated carbocycles. The van der Waals surface area contributed by atoms with Gasteiger partial charge in [0, 0.05) is 13.5 Å². The molecule has 1 fully saturated rings. The lowest BCUT2D eigenvalue weighted by molar-refractivity contribution is -0.297. The molecule has 96 valence electrons. The van der Waals surface area contributed by atoms with E-state index in [1.54, 1.807) is 7.11 Å². The van der Waals surface area contributed by atoms with Gasteiger partial charge in [-0.3, -0.25) is 0 Å². The van der Waals surface area contributed by atoms with Gasteiger partial charge in [0.05, 0.1) is 17.3 Å². The quantitative estimate of drug-likeness (QED) is 0.787. The molecular weight excluding hydrogens is 208 g/mol. The van der Waals surface area contributed by atoms with Crippen molar-refractivity contribution >= 4 is 0 Å². The second-order valence-electron chi connectivity index (χ2n) is 5.67. The zero-order chi connectivity index (χ0) is 12.6. The maximum atomic E-state index is 10.0. The molecule has 0 aromatic carbocycles. The van der Waals surface area contributed by atoms with E-state index in [0.717, 1.165) is 0 Å². The molecule has 0 aliphatic carbocycles. The number of hydrogen-bond donors (Lipinski definition) is 1. The SMILES string of the molecule is COC1(C)C[C@@H](OC(C)(C)C)O[C@@H](C)[C@H]1O. The Kier molecular flexibility index (Phi) is 4.00. The lowest BCUT2D eigenvalue weighted by Crippen LogP contribution is -2.57. The van der Waals surface area contributed by atoms with Crippen molar-refractivity contribution in [3.63, 3.8) is 0 Å². The Morgan fingerprint density at radius 1 is 1.38 bits per heavy atom. The molecule has 4 atom stereocenters. The fourth-order valence-corrected chi connectivity index (χ4v) is 1.98. The number of hydrogen-bond acceptors (Lipinski definition) is 4. The van der Waals surface area contributed by atoms with Gasteiger partial charge in [-0.1, -0.05) is 0 Å². The van der Waals surface area contributed by atoms with Crippen molar-refractivity contribution in [2.45, 2.75) is 70.7 Å². The number of aliphatic hydroxyl groups excluding tert-OH is 1. The van der Waals surface area contributed by atoms with Gasteiger partial charge < -0.3 is 19.3 Å². The summed E-state index contributed by atoms with van der Waals surface area (Å²) in [5.74, 6) is 0. The first-order chi connectivity index (χ1) is 7.18. The molecule has 1 aliphatic rings. The molecule has 0 amide bonds. The summed E-state index contributed by atoms with van der Waals surface area (Å²) in [7, 11) is 1.61. The van der Waals surface area contributed by atoms with Crippen LogP contribution in [0.15, 0.2) is 0 Å². The predicted molar refractivity (Wildman–Crippen MR) is 61.2 cm³/mol. The molecule has 0 radical (unpaired) electrons. The van der Waals surface area contributed by atoms with Gasteiger partial charge in [0.2, 0.25) is 0 Å². The van der Waals surface area contributed by atoms with Crippen LogP contribution in [0.3, 0.4) is 0 Å². The number of methoxy groups -OCH3 is 1. The van der Waals surface area contributed by atoms with Gasteiger partial charge in [0.25, 0.3) is 0 Å². The molecule has 1 unspecified atom stereocenters. The first kappa shape index (κ1) is 13.9. The van der Waals surface area contributed by atoms with Crippen LogP contribution in [0.1, 0.15) is 41.0 Å². The Labute approximate surface area is 97.9 Å². The van der Waals surface area contributed by atoms with Crippen molar-refractivity contribution in [2.24, 2.45) is 0 Å². The molecule has 4 nitrogen and oxygen atoms in total. The highest BCUT2D eigenvalue weighted by molar-refractivity contribution is 4.92. The molecule has 1 aliphatic heterocycles. The van der Waals surface area contributed by atoms with Crippen LogP contribution in [0.25, 0.3) is 0 Å². The molecule has 1 rings (SSSR count). The van der Waals surface area contributed by atoms with Crippen molar-refractivity contribution < 1.29 is 19.3 Å². The van der Waals surface area contributed by atoms with Gasteiger partial charge in [0.1, 0.15) is 6.10 Å². The van der Waals surface area contributed by atoms with Crippen molar-refractivity contribution in [1.29, 1.82) is 0 Å². The summed E-state index contributed by atoms with van der Waals surface area (Å²) >= 11 is 0. The molecule has 1 N–H and O–H groups in total. The Hall–Kier alpha value is -0.160. The Morgan fingerprint density at radius 2 is 1.94 bits per heavy atom. The van der Waals surface area contributed by atoms with Gasteiger partial charge in [-0.2, -0.15) is 0 Å². The molecule has 0 aromatic heterocycles. The standard InChI is InChI=1S/C12H24O4/c1-8-10(13)12(5,14-6)7-9(15-8)16-11(2,3)4/h8-10,13H,7H2,1-6H3/t8-,9+,10+,12?/m0/s1. The second kappa shape index (κ2) is 4.61. The van der Waals surface area contributed by atoms with E-state index in [1.165, 1.54) is 0 Å². The zero-order valence-electron chi connectivity index (χ0n) is 11.1. The fraction of sp³-hybridized carbons (Fsp3) is 1.00. The highest BCUT2D eigenvalue weighted by atomic mass is 16.7. The normalized spacial score (nSPS) is 41.1. The van der Waals surface area contributed by atoms with Crippen molar-refractivity contribution in [3.8, 4) is 0 Å². The van der Waals surface area contributed by atoms with E-state index in [9.17, 15) is 5.11 Å². The summed E-state index contributed by atoms with van der Waals surface area (Å²) in [4.78, 5) is 0. The van der Waals surface area contributed by atoms with Crippen LogP contribution in [-0.4, -0.2) is 41.9 Å². The summed E-state index contributed by atoms with van der Waals surface area (Å²) < 4.78 is 16.8. The lowest BCUT2D eigenvalue weighted by Gasteiger charge is -2.45. The third kappa shape index (κ3) is 3.17. The second-order valence-corrected chi connectivity index (χ2v) is 5.67. The van der Waals surface area contributed by atoms with E-state index in [-0.39, 0.29) is 18.0 Å². The Bertz CT molecular complexity index is 236. The minimum atomic E-state index is -0.627. The van der Waals surface area contributed by atoms with Gasteiger partial charge in [-0.15, -0.1) is 0 Å².